The van der Waals surface area contributed by atoms with Crippen molar-refractivity contribution in [3.8, 4) is 0 Å². The molecule has 88 valence electrons. The maximum absolute atomic E-state index is 9.98. The Morgan fingerprint density at radius 1 is 0.812 bits per heavy atom. The van der Waals surface area contributed by atoms with Gasteiger partial charge >= 0.3 is 48.9 Å². The Labute approximate surface area is 136 Å². The number of carbonyl (C=O) groups is 2. The normalized spacial score (nSPS) is 10.0. The van der Waals surface area contributed by atoms with Crippen molar-refractivity contribution >= 4 is 60.4 Å². The van der Waals surface area contributed by atoms with Crippen LogP contribution in [0.3, 0.4) is 0 Å². The summed E-state index contributed by atoms with van der Waals surface area (Å²) in [6, 6.07) is 0. The SMILES string of the molecule is CC(=O)/C=C(/C)[O-].CC(=O)/C=C(/C)[O-].O.[Ba+2]. The first-order valence-electron chi connectivity index (χ1n) is 3.97. The first-order valence-corrected chi connectivity index (χ1v) is 3.97. The van der Waals surface area contributed by atoms with Gasteiger partial charge in [-0.05, 0) is 26.0 Å². The van der Waals surface area contributed by atoms with Crippen molar-refractivity contribution in [3.63, 3.8) is 0 Å². The zero-order chi connectivity index (χ0) is 11.7. The van der Waals surface area contributed by atoms with Crippen molar-refractivity contribution in [2.45, 2.75) is 27.7 Å². The molecule has 6 heteroatoms. The minimum atomic E-state index is -0.187. The fourth-order valence-corrected chi connectivity index (χ4v) is 0.572. The molecule has 0 rings (SSSR count). The molecular weight excluding hydrogens is 337 g/mol. The fraction of sp³-hybridized carbons (Fsp3) is 0.400. The van der Waals surface area contributed by atoms with Gasteiger partial charge in [-0.2, -0.15) is 0 Å². The smallest absolute Gasteiger partial charge is 0.876 e. The molecule has 0 saturated carbocycles. The van der Waals surface area contributed by atoms with Crippen molar-refractivity contribution < 1.29 is 25.3 Å². The van der Waals surface area contributed by atoms with Gasteiger partial charge in [-0.25, -0.2) is 0 Å². The van der Waals surface area contributed by atoms with Gasteiger partial charge in [-0.1, -0.05) is 13.8 Å². The molecule has 0 aromatic carbocycles. The molecule has 0 aliphatic carbocycles. The van der Waals surface area contributed by atoms with Crippen LogP contribution in [-0.2, 0) is 9.59 Å². The van der Waals surface area contributed by atoms with E-state index in [0.717, 1.165) is 12.2 Å². The number of allylic oxidation sites excluding steroid dienone is 4. The van der Waals surface area contributed by atoms with Gasteiger partial charge in [-0.3, -0.25) is 9.59 Å². The molecule has 16 heavy (non-hydrogen) atoms. The summed E-state index contributed by atoms with van der Waals surface area (Å²) in [6.07, 6.45) is 2.11. The summed E-state index contributed by atoms with van der Waals surface area (Å²) in [5, 5.41) is 20.0. The van der Waals surface area contributed by atoms with Gasteiger partial charge in [0.05, 0.1) is 0 Å². The summed E-state index contributed by atoms with van der Waals surface area (Å²) >= 11 is 0. The third kappa shape index (κ3) is 37.0. The second kappa shape index (κ2) is 15.0. The molecule has 2 N–H and O–H groups in total. The summed E-state index contributed by atoms with van der Waals surface area (Å²) < 4.78 is 0. The molecule has 0 aromatic rings. The van der Waals surface area contributed by atoms with E-state index in [2.05, 4.69) is 0 Å². The van der Waals surface area contributed by atoms with E-state index in [1.807, 2.05) is 0 Å². The number of carbonyl (C=O) groups excluding carboxylic acids is 2. The minimum Gasteiger partial charge on any atom is -0.876 e. The van der Waals surface area contributed by atoms with Crippen LogP contribution in [0.1, 0.15) is 27.7 Å². The summed E-state index contributed by atoms with van der Waals surface area (Å²) in [5.41, 5.74) is 0. The summed E-state index contributed by atoms with van der Waals surface area (Å²) in [7, 11) is 0. The van der Waals surface area contributed by atoms with E-state index >= 15 is 0 Å². The van der Waals surface area contributed by atoms with Crippen LogP contribution in [0, 0.1) is 0 Å². The van der Waals surface area contributed by atoms with Crippen LogP contribution >= 0.6 is 0 Å². The number of hydrogen-bond acceptors (Lipinski definition) is 4. The molecule has 0 amide bonds. The molecule has 0 spiro atoms. The van der Waals surface area contributed by atoms with Crippen molar-refractivity contribution in [2.24, 2.45) is 0 Å². The molecular formula is C10H16BaO5. The Hall–Kier alpha value is -0.0486. The van der Waals surface area contributed by atoms with Gasteiger partial charge in [0.25, 0.3) is 0 Å². The topological polar surface area (TPSA) is 112 Å². The summed E-state index contributed by atoms with van der Waals surface area (Å²) in [5.74, 6) is -0.750. The molecule has 0 unspecified atom stereocenters. The van der Waals surface area contributed by atoms with Crippen LogP contribution in [0.25, 0.3) is 0 Å². The minimum absolute atomic E-state index is 0. The number of rotatable bonds is 2. The van der Waals surface area contributed by atoms with E-state index < -0.39 is 0 Å². The van der Waals surface area contributed by atoms with Crippen LogP contribution in [-0.4, -0.2) is 65.9 Å². The van der Waals surface area contributed by atoms with Gasteiger partial charge < -0.3 is 15.7 Å². The van der Waals surface area contributed by atoms with Crippen LogP contribution in [0.4, 0.5) is 0 Å². The fourth-order valence-electron chi connectivity index (χ4n) is 0.572. The number of hydrogen-bond donors (Lipinski definition) is 0. The van der Waals surface area contributed by atoms with Crippen LogP contribution in [0.2, 0.25) is 0 Å². The third-order valence-corrected chi connectivity index (χ3v) is 0.813. The van der Waals surface area contributed by atoms with E-state index in [4.69, 9.17) is 0 Å². The maximum Gasteiger partial charge on any atom is 2.00 e. The largest absolute Gasteiger partial charge is 2.00 e. The van der Waals surface area contributed by atoms with E-state index in [9.17, 15) is 19.8 Å². The quantitative estimate of drug-likeness (QED) is 0.341. The maximum atomic E-state index is 9.98. The van der Waals surface area contributed by atoms with Crippen LogP contribution in [0.15, 0.2) is 23.7 Å². The molecule has 0 aliphatic rings. The Morgan fingerprint density at radius 2 is 1.00 bits per heavy atom. The van der Waals surface area contributed by atoms with Crippen molar-refractivity contribution in [1.29, 1.82) is 0 Å². The molecule has 0 saturated heterocycles. The van der Waals surface area contributed by atoms with E-state index in [-0.39, 0.29) is 77.4 Å². The van der Waals surface area contributed by atoms with Gasteiger partial charge in [0.15, 0.2) is 11.6 Å². The van der Waals surface area contributed by atoms with Crippen molar-refractivity contribution in [3.05, 3.63) is 23.7 Å². The average Bonchev–Trinajstić information content (AvgIpc) is 1.79. The van der Waals surface area contributed by atoms with Crippen LogP contribution in [0.5, 0.6) is 0 Å². The standard InChI is InChI=1S/2C5H8O2.Ba.H2O/c2*1-4(6)3-5(2)7;;/h2*3,6H,1-2H3;;1H2/q;;+2;/p-2/b2*4-3-;;. The van der Waals surface area contributed by atoms with E-state index in [1.165, 1.54) is 27.7 Å². The molecule has 0 aliphatic heterocycles. The summed E-state index contributed by atoms with van der Waals surface area (Å²) in [4.78, 5) is 20.0. The van der Waals surface area contributed by atoms with Gasteiger partial charge in [0, 0.05) is 0 Å². The Morgan fingerprint density at radius 3 is 1.00 bits per heavy atom. The van der Waals surface area contributed by atoms with Gasteiger partial charge in [0.2, 0.25) is 0 Å². The first kappa shape index (κ1) is 25.0. The van der Waals surface area contributed by atoms with Crippen molar-refractivity contribution in [2.75, 3.05) is 0 Å². The van der Waals surface area contributed by atoms with Crippen LogP contribution < -0.4 is 10.2 Å². The van der Waals surface area contributed by atoms with E-state index in [0.29, 0.717) is 0 Å². The second-order valence-electron chi connectivity index (χ2n) is 2.73. The average molecular weight is 354 g/mol. The predicted molar refractivity (Wildman–Crippen MR) is 58.2 cm³/mol. The molecule has 5 nitrogen and oxygen atoms in total. The number of ketones is 2. The predicted octanol–water partition coefficient (Wildman–Crippen LogP) is -1.53. The zero-order valence-corrected chi connectivity index (χ0v) is 14.4. The molecule has 0 bridgehead atoms. The Balaban J connectivity index is -0.0000000800. The van der Waals surface area contributed by atoms with Crippen molar-refractivity contribution in [1.82, 2.24) is 0 Å². The van der Waals surface area contributed by atoms with E-state index in [1.54, 1.807) is 0 Å². The molecule has 0 atom stereocenters. The summed E-state index contributed by atoms with van der Waals surface area (Å²) in [6.45, 7) is 5.39. The van der Waals surface area contributed by atoms with Gasteiger partial charge in [-0.15, -0.1) is 11.5 Å². The Kier molecular flexibility index (Phi) is 23.3. The first-order chi connectivity index (χ1) is 6.25. The molecule has 0 fully saturated rings. The Bertz CT molecular complexity index is 232. The zero-order valence-electron chi connectivity index (χ0n) is 9.99. The van der Waals surface area contributed by atoms with Gasteiger partial charge in [0.1, 0.15) is 0 Å². The second-order valence-corrected chi connectivity index (χ2v) is 2.73. The molecule has 0 radical (unpaired) electrons. The molecule has 0 heterocycles. The molecule has 0 aromatic heterocycles. The third-order valence-electron chi connectivity index (χ3n) is 0.813. The monoisotopic (exact) mass is 354 g/mol.